The molecule has 2 aromatic rings. The average Bonchev–Trinajstić information content (AvgIpc) is 3.21. The Morgan fingerprint density at radius 1 is 1.16 bits per heavy atom. The van der Waals surface area contributed by atoms with Crippen molar-refractivity contribution in [2.24, 2.45) is 11.8 Å². The van der Waals surface area contributed by atoms with Crippen LogP contribution in [-0.4, -0.2) is 58.1 Å². The van der Waals surface area contributed by atoms with Crippen LogP contribution in [0.2, 0.25) is 0 Å². The number of hydrogen-bond acceptors (Lipinski definition) is 6. The third kappa shape index (κ3) is 2.60. The number of hydrogen-bond donors (Lipinski definition) is 1. The quantitative estimate of drug-likeness (QED) is 0.890. The largest absolute Gasteiger partial charge is 0.397 e. The smallest absolute Gasteiger partial charge is 0.266 e. The number of rotatable bonds is 2. The molecule has 4 heterocycles. The Bertz CT molecular complexity index is 832. The first-order valence-corrected chi connectivity index (χ1v) is 9.73. The van der Waals surface area contributed by atoms with Gasteiger partial charge in [0.05, 0.1) is 11.4 Å². The molecular weight excluding hydrogens is 334 g/mol. The minimum absolute atomic E-state index is 0.0584. The summed E-state index contributed by atoms with van der Waals surface area (Å²) in [5.41, 5.74) is 8.79. The van der Waals surface area contributed by atoms with Crippen molar-refractivity contribution in [1.29, 1.82) is 0 Å². The van der Waals surface area contributed by atoms with Gasteiger partial charge in [-0.25, -0.2) is 0 Å². The van der Waals surface area contributed by atoms with Gasteiger partial charge in [-0.15, -0.1) is 16.4 Å². The summed E-state index contributed by atoms with van der Waals surface area (Å²) in [6, 6.07) is 0.581. The Hall–Kier alpha value is -1.73. The average molecular weight is 359 g/mol. The number of aromatic nitrogens is 2. The van der Waals surface area contributed by atoms with Gasteiger partial charge in [0.1, 0.15) is 9.71 Å². The van der Waals surface area contributed by atoms with E-state index < -0.39 is 0 Å². The van der Waals surface area contributed by atoms with Crippen molar-refractivity contribution in [2.75, 3.05) is 31.9 Å². The molecule has 0 spiro atoms. The number of thiophene rings is 1. The highest BCUT2D eigenvalue weighted by Gasteiger charge is 2.42. The maximum absolute atomic E-state index is 13.1. The third-order valence-corrected chi connectivity index (χ3v) is 6.94. The number of anilines is 1. The van der Waals surface area contributed by atoms with Crippen molar-refractivity contribution in [3.05, 3.63) is 16.1 Å². The van der Waals surface area contributed by atoms with Gasteiger partial charge in [-0.05, 0) is 45.1 Å². The molecule has 4 rings (SSSR count). The van der Waals surface area contributed by atoms with Crippen LogP contribution in [0.5, 0.6) is 0 Å². The van der Waals surface area contributed by atoms with Gasteiger partial charge in [0.25, 0.3) is 5.91 Å². The SMILES string of the molecule is Cc1nnc2sc(C(=O)N3CC4CN(C(C)C)CC4C3)c(N)c2c1C. The minimum Gasteiger partial charge on any atom is -0.397 e. The van der Waals surface area contributed by atoms with Gasteiger partial charge in [-0.2, -0.15) is 5.10 Å². The Morgan fingerprint density at radius 3 is 2.40 bits per heavy atom. The molecule has 2 N–H and O–H groups in total. The third-order valence-electron chi connectivity index (χ3n) is 5.86. The molecule has 2 aliphatic heterocycles. The Balaban J connectivity index is 1.58. The molecule has 2 aromatic heterocycles. The number of fused-ring (bicyclic) bond motifs is 2. The molecule has 0 radical (unpaired) electrons. The van der Waals surface area contributed by atoms with Gasteiger partial charge in [0, 0.05) is 37.6 Å². The number of carbonyl (C=O) groups is 1. The number of amides is 1. The summed E-state index contributed by atoms with van der Waals surface area (Å²) in [4.78, 5) is 19.0. The van der Waals surface area contributed by atoms with Crippen LogP contribution in [0.3, 0.4) is 0 Å². The van der Waals surface area contributed by atoms with Crippen molar-refractivity contribution in [2.45, 2.75) is 33.7 Å². The first-order valence-electron chi connectivity index (χ1n) is 8.92. The minimum atomic E-state index is 0.0584. The van der Waals surface area contributed by atoms with Crippen LogP contribution >= 0.6 is 11.3 Å². The van der Waals surface area contributed by atoms with Crippen molar-refractivity contribution < 1.29 is 4.79 Å². The molecule has 25 heavy (non-hydrogen) atoms. The number of likely N-dealkylation sites (tertiary alicyclic amines) is 2. The lowest BCUT2D eigenvalue weighted by Crippen LogP contribution is -2.35. The monoisotopic (exact) mass is 359 g/mol. The summed E-state index contributed by atoms with van der Waals surface area (Å²) < 4.78 is 0. The zero-order chi connectivity index (χ0) is 17.9. The van der Waals surface area contributed by atoms with Gasteiger partial charge in [0.2, 0.25) is 0 Å². The molecular formula is C18H25N5OS. The molecule has 0 saturated carbocycles. The van der Waals surface area contributed by atoms with Gasteiger partial charge in [0.15, 0.2) is 0 Å². The molecule has 0 bridgehead atoms. The first kappa shape index (κ1) is 16.7. The van der Waals surface area contributed by atoms with E-state index in [1.54, 1.807) is 0 Å². The molecule has 2 unspecified atom stereocenters. The van der Waals surface area contributed by atoms with Crippen molar-refractivity contribution >= 4 is 33.1 Å². The van der Waals surface area contributed by atoms with Crippen molar-refractivity contribution in [3.63, 3.8) is 0 Å². The molecule has 0 aromatic carbocycles. The molecule has 1 amide bonds. The summed E-state index contributed by atoms with van der Waals surface area (Å²) in [7, 11) is 0. The zero-order valence-electron chi connectivity index (χ0n) is 15.2. The van der Waals surface area contributed by atoms with E-state index in [1.807, 2.05) is 18.7 Å². The number of nitrogens with zero attached hydrogens (tertiary/aromatic N) is 4. The first-order chi connectivity index (χ1) is 11.9. The number of nitrogen functional groups attached to an aromatic ring is 1. The summed E-state index contributed by atoms with van der Waals surface area (Å²) in [6.07, 6.45) is 0. The van der Waals surface area contributed by atoms with Gasteiger partial charge in [-0.3, -0.25) is 4.79 Å². The molecule has 134 valence electrons. The maximum atomic E-state index is 13.1. The Morgan fingerprint density at radius 2 is 1.80 bits per heavy atom. The Labute approximate surface area is 152 Å². The number of carbonyl (C=O) groups excluding carboxylic acids is 1. The number of aryl methyl sites for hydroxylation is 2. The van der Waals surface area contributed by atoms with E-state index >= 15 is 0 Å². The predicted octanol–water partition coefficient (Wildman–Crippen LogP) is 2.30. The normalized spacial score (nSPS) is 23.8. The molecule has 2 saturated heterocycles. The van der Waals surface area contributed by atoms with Crippen LogP contribution in [0.4, 0.5) is 5.69 Å². The fourth-order valence-electron chi connectivity index (χ4n) is 4.16. The molecule has 6 nitrogen and oxygen atoms in total. The second kappa shape index (κ2) is 5.92. The van der Waals surface area contributed by atoms with Gasteiger partial charge < -0.3 is 15.5 Å². The van der Waals surface area contributed by atoms with Crippen LogP contribution in [0.1, 0.15) is 34.8 Å². The second-order valence-corrected chi connectivity index (χ2v) is 8.71. The molecule has 2 fully saturated rings. The lowest BCUT2D eigenvalue weighted by molar-refractivity contribution is 0.0777. The maximum Gasteiger partial charge on any atom is 0.266 e. The fourth-order valence-corrected chi connectivity index (χ4v) is 5.23. The molecule has 2 atom stereocenters. The van der Waals surface area contributed by atoms with Gasteiger partial charge >= 0.3 is 0 Å². The standard InChI is InChI=1S/C18H25N5OS/c1-9(2)22-5-12-7-23(8-13(12)6-22)18(24)16-15(19)14-10(3)11(4)20-21-17(14)25-16/h9,12-13H,5-8,19H2,1-4H3. The Kier molecular flexibility index (Phi) is 3.96. The fraction of sp³-hybridized carbons (Fsp3) is 0.611. The lowest BCUT2D eigenvalue weighted by atomic mass is 10.0. The molecule has 7 heteroatoms. The highest BCUT2D eigenvalue weighted by atomic mass is 32.1. The van der Waals surface area contributed by atoms with E-state index in [-0.39, 0.29) is 5.91 Å². The van der Waals surface area contributed by atoms with Crippen molar-refractivity contribution in [1.82, 2.24) is 20.0 Å². The summed E-state index contributed by atoms with van der Waals surface area (Å²) in [5, 5.41) is 9.29. The van der Waals surface area contributed by atoms with E-state index in [0.29, 0.717) is 28.4 Å². The van der Waals surface area contributed by atoms with E-state index in [2.05, 4.69) is 28.9 Å². The van der Waals surface area contributed by atoms with Crippen LogP contribution in [-0.2, 0) is 0 Å². The summed E-state index contributed by atoms with van der Waals surface area (Å²) >= 11 is 1.37. The molecule has 0 aliphatic carbocycles. The second-order valence-electron chi connectivity index (χ2n) is 7.71. The van der Waals surface area contributed by atoms with Crippen LogP contribution in [0, 0.1) is 25.7 Å². The van der Waals surface area contributed by atoms with E-state index in [1.165, 1.54) is 11.3 Å². The zero-order valence-corrected chi connectivity index (χ0v) is 16.1. The van der Waals surface area contributed by atoms with E-state index in [4.69, 9.17) is 5.73 Å². The summed E-state index contributed by atoms with van der Waals surface area (Å²) in [6.45, 7) is 12.3. The number of nitrogens with two attached hydrogens (primary N) is 1. The van der Waals surface area contributed by atoms with Crippen LogP contribution < -0.4 is 5.73 Å². The van der Waals surface area contributed by atoms with Crippen molar-refractivity contribution in [3.8, 4) is 0 Å². The van der Waals surface area contributed by atoms with Crippen LogP contribution in [0.15, 0.2) is 0 Å². The highest BCUT2D eigenvalue weighted by Crippen LogP contribution is 2.38. The lowest BCUT2D eigenvalue weighted by Gasteiger charge is -2.24. The topological polar surface area (TPSA) is 75.4 Å². The van der Waals surface area contributed by atoms with E-state index in [9.17, 15) is 4.79 Å². The van der Waals surface area contributed by atoms with Crippen LogP contribution in [0.25, 0.3) is 10.2 Å². The predicted molar refractivity (Wildman–Crippen MR) is 101 cm³/mol. The summed E-state index contributed by atoms with van der Waals surface area (Å²) in [5.74, 6) is 1.24. The molecule has 2 aliphatic rings. The highest BCUT2D eigenvalue weighted by molar-refractivity contribution is 7.21. The van der Waals surface area contributed by atoms with Gasteiger partial charge in [-0.1, -0.05) is 0 Å². The van der Waals surface area contributed by atoms with E-state index in [0.717, 1.165) is 47.7 Å².